The van der Waals surface area contributed by atoms with Gasteiger partial charge in [-0.05, 0) is 67.4 Å². The molecule has 198 valence electrons. The number of aromatic nitrogens is 1. The van der Waals surface area contributed by atoms with E-state index in [2.05, 4.69) is 15.6 Å². The van der Waals surface area contributed by atoms with E-state index in [0.29, 0.717) is 52.8 Å². The first-order chi connectivity index (χ1) is 19.0. The molecule has 0 unspecified atom stereocenters. The van der Waals surface area contributed by atoms with Crippen molar-refractivity contribution >= 4 is 23.3 Å². The number of fused-ring (bicyclic) bond motifs is 1. The molecule has 1 aromatic heterocycles. The summed E-state index contributed by atoms with van der Waals surface area (Å²) in [4.78, 5) is 30.6. The summed E-state index contributed by atoms with van der Waals surface area (Å²) >= 11 is 0. The number of aryl methyl sites for hydroxylation is 1. The number of oxime groups is 1. The molecule has 39 heavy (non-hydrogen) atoms. The van der Waals surface area contributed by atoms with Crippen LogP contribution in [0.1, 0.15) is 44.9 Å². The van der Waals surface area contributed by atoms with Gasteiger partial charge in [0.25, 0.3) is 5.91 Å². The van der Waals surface area contributed by atoms with Gasteiger partial charge in [-0.25, -0.2) is 9.18 Å². The molecule has 0 fully saturated rings. The highest BCUT2D eigenvalue weighted by atomic mass is 19.1. The minimum Gasteiger partial charge on any atom is -0.493 e. The van der Waals surface area contributed by atoms with Crippen molar-refractivity contribution in [3.63, 3.8) is 0 Å². The van der Waals surface area contributed by atoms with Crippen molar-refractivity contribution < 1.29 is 32.8 Å². The van der Waals surface area contributed by atoms with Crippen LogP contribution in [0.2, 0.25) is 0 Å². The molecule has 1 N–H and O–H groups in total. The van der Waals surface area contributed by atoms with E-state index in [1.807, 2.05) is 6.07 Å². The van der Waals surface area contributed by atoms with E-state index in [0.717, 1.165) is 18.1 Å². The lowest BCUT2D eigenvalue weighted by Crippen LogP contribution is -2.14. The van der Waals surface area contributed by atoms with Crippen molar-refractivity contribution in [2.45, 2.75) is 19.3 Å². The van der Waals surface area contributed by atoms with Crippen molar-refractivity contribution in [3.8, 4) is 22.8 Å². The molecule has 10 heteroatoms. The van der Waals surface area contributed by atoms with Gasteiger partial charge in [-0.15, -0.1) is 0 Å². The number of halogens is 1. The van der Waals surface area contributed by atoms with Crippen molar-refractivity contribution in [1.29, 1.82) is 0 Å². The normalized spacial score (nSPS) is 13.5. The van der Waals surface area contributed by atoms with Crippen LogP contribution in [-0.2, 0) is 11.3 Å². The number of rotatable bonds is 7. The molecule has 4 aromatic rings. The Morgan fingerprint density at radius 1 is 0.949 bits per heavy atom. The lowest BCUT2D eigenvalue weighted by Gasteiger charge is -2.13. The van der Waals surface area contributed by atoms with Crippen LogP contribution in [0, 0.1) is 5.82 Å². The molecule has 1 aliphatic rings. The molecular formula is C29H24FN3O6. The van der Waals surface area contributed by atoms with Crippen molar-refractivity contribution in [2.75, 3.05) is 19.5 Å². The topological polar surface area (TPSA) is 112 Å². The first kappa shape index (κ1) is 25.7. The molecule has 0 aliphatic heterocycles. The van der Waals surface area contributed by atoms with Crippen molar-refractivity contribution in [1.82, 2.24) is 5.16 Å². The zero-order valence-corrected chi connectivity index (χ0v) is 21.2. The smallest absolute Gasteiger partial charge is 0.365 e. The van der Waals surface area contributed by atoms with Gasteiger partial charge in [-0.1, -0.05) is 22.4 Å². The first-order valence-electron chi connectivity index (χ1n) is 12.1. The number of carbonyl (C=O) groups is 2. The fraction of sp³-hybridized carbons (Fsp3) is 0.172. The lowest BCUT2D eigenvalue weighted by molar-refractivity contribution is 0.0515. The number of hydrogen-bond acceptors (Lipinski definition) is 8. The molecule has 0 spiro atoms. The third-order valence-electron chi connectivity index (χ3n) is 6.21. The second kappa shape index (κ2) is 11.2. The molecule has 0 atom stereocenters. The molecule has 0 saturated carbocycles. The molecule has 0 radical (unpaired) electrons. The summed E-state index contributed by atoms with van der Waals surface area (Å²) in [6, 6.07) is 16.9. The van der Waals surface area contributed by atoms with E-state index in [4.69, 9.17) is 18.8 Å². The van der Waals surface area contributed by atoms with E-state index in [-0.39, 0.29) is 11.1 Å². The number of methoxy groups -OCH3 is 2. The van der Waals surface area contributed by atoms with Crippen LogP contribution in [-0.4, -0.2) is 37.0 Å². The largest absolute Gasteiger partial charge is 0.493 e. The molecule has 1 aliphatic carbocycles. The molecule has 1 amide bonds. The Hall–Kier alpha value is -4.99. The standard InChI is InChI=1S/C29H24FN3O6/c1-36-23-13-12-17(16-25(23)37-2)27-26-22(10-5-11-24(26)38-33-27)32-39-29(35)19-7-4-9-21(15-19)31-28(34)18-6-3-8-20(30)14-18/h3-4,6-9,12-16H,5,10-11H2,1-2H3,(H,31,34)/b32-22+. The van der Waals surface area contributed by atoms with Crippen LogP contribution in [0.5, 0.6) is 11.5 Å². The van der Waals surface area contributed by atoms with Gasteiger partial charge in [0.15, 0.2) is 11.5 Å². The van der Waals surface area contributed by atoms with E-state index in [9.17, 15) is 14.0 Å². The SMILES string of the molecule is COc1ccc(-c2noc3c2/C(=N/OC(=O)c2cccc(NC(=O)c4cccc(F)c4)c2)CCC3)cc1OC. The van der Waals surface area contributed by atoms with Crippen molar-refractivity contribution in [2.24, 2.45) is 5.16 Å². The fourth-order valence-electron chi connectivity index (χ4n) is 4.31. The van der Waals surface area contributed by atoms with Crippen LogP contribution in [0.3, 0.4) is 0 Å². The Balaban J connectivity index is 1.35. The van der Waals surface area contributed by atoms with E-state index in [1.54, 1.807) is 44.6 Å². The maximum absolute atomic E-state index is 13.5. The van der Waals surface area contributed by atoms with Crippen LogP contribution in [0.15, 0.2) is 76.4 Å². The number of carbonyl (C=O) groups excluding carboxylic acids is 2. The maximum Gasteiger partial charge on any atom is 0.365 e. The van der Waals surface area contributed by atoms with Gasteiger partial charge in [0.2, 0.25) is 0 Å². The minimum atomic E-state index is -0.708. The fourth-order valence-corrected chi connectivity index (χ4v) is 4.31. The summed E-state index contributed by atoms with van der Waals surface area (Å²) in [5.41, 5.74) is 3.19. The minimum absolute atomic E-state index is 0.154. The van der Waals surface area contributed by atoms with Gasteiger partial charge in [-0.2, -0.15) is 0 Å². The van der Waals surface area contributed by atoms with Gasteiger partial charge in [0.05, 0.1) is 31.1 Å². The summed E-state index contributed by atoms with van der Waals surface area (Å²) in [5, 5.41) is 11.1. The summed E-state index contributed by atoms with van der Waals surface area (Å²) in [5.74, 6) is 0.0355. The molecular weight excluding hydrogens is 505 g/mol. The van der Waals surface area contributed by atoms with E-state index in [1.165, 1.54) is 24.3 Å². The van der Waals surface area contributed by atoms with Gasteiger partial charge in [0.1, 0.15) is 17.3 Å². The average Bonchev–Trinajstić information content (AvgIpc) is 3.40. The van der Waals surface area contributed by atoms with Gasteiger partial charge in [-0.3, -0.25) is 4.79 Å². The van der Waals surface area contributed by atoms with Crippen LogP contribution < -0.4 is 14.8 Å². The number of anilines is 1. The highest BCUT2D eigenvalue weighted by Crippen LogP contribution is 2.36. The molecule has 1 heterocycles. The second-order valence-electron chi connectivity index (χ2n) is 8.71. The number of nitrogens with zero attached hydrogens (tertiary/aromatic N) is 2. The van der Waals surface area contributed by atoms with Crippen LogP contribution in [0.25, 0.3) is 11.3 Å². The van der Waals surface area contributed by atoms with Gasteiger partial charge in [0, 0.05) is 23.2 Å². The Morgan fingerprint density at radius 2 is 1.74 bits per heavy atom. The van der Waals surface area contributed by atoms with E-state index < -0.39 is 17.7 Å². The zero-order valence-electron chi connectivity index (χ0n) is 21.2. The quantitative estimate of drug-likeness (QED) is 0.243. The number of amides is 1. The predicted molar refractivity (Wildman–Crippen MR) is 141 cm³/mol. The highest BCUT2D eigenvalue weighted by molar-refractivity contribution is 6.07. The Kier molecular flexibility index (Phi) is 7.35. The molecule has 9 nitrogen and oxygen atoms in total. The van der Waals surface area contributed by atoms with E-state index >= 15 is 0 Å². The third kappa shape index (κ3) is 5.49. The second-order valence-corrected chi connectivity index (χ2v) is 8.71. The van der Waals surface area contributed by atoms with Crippen LogP contribution in [0.4, 0.5) is 10.1 Å². The number of nitrogens with one attached hydrogen (secondary N) is 1. The zero-order chi connectivity index (χ0) is 27.4. The average molecular weight is 530 g/mol. The predicted octanol–water partition coefficient (Wildman–Crippen LogP) is 5.65. The van der Waals surface area contributed by atoms with Gasteiger partial charge >= 0.3 is 5.97 Å². The molecule has 0 saturated heterocycles. The summed E-state index contributed by atoms with van der Waals surface area (Å²) < 4.78 is 29.8. The maximum atomic E-state index is 13.5. The van der Waals surface area contributed by atoms with Crippen molar-refractivity contribution in [3.05, 3.63) is 95.0 Å². The Morgan fingerprint density at radius 3 is 2.54 bits per heavy atom. The lowest BCUT2D eigenvalue weighted by atomic mass is 9.92. The molecule has 3 aromatic carbocycles. The third-order valence-corrected chi connectivity index (χ3v) is 6.21. The van der Waals surface area contributed by atoms with Gasteiger partial charge < -0.3 is 24.2 Å². The number of ether oxygens (including phenoxy) is 2. The van der Waals surface area contributed by atoms with Crippen LogP contribution >= 0.6 is 0 Å². The number of hydrogen-bond donors (Lipinski definition) is 1. The first-order valence-corrected chi connectivity index (χ1v) is 12.1. The summed E-state index contributed by atoms with van der Waals surface area (Å²) in [7, 11) is 3.11. The Bertz CT molecular complexity index is 1580. The number of benzene rings is 3. The summed E-state index contributed by atoms with van der Waals surface area (Å²) in [6.07, 6.45) is 1.99. The highest BCUT2D eigenvalue weighted by Gasteiger charge is 2.27. The monoisotopic (exact) mass is 529 g/mol. The molecule has 5 rings (SSSR count). The summed E-state index contributed by atoms with van der Waals surface area (Å²) in [6.45, 7) is 0. The molecule has 0 bridgehead atoms. The Labute approximate surface area is 223 Å².